The van der Waals surface area contributed by atoms with Gasteiger partial charge in [-0.25, -0.2) is 0 Å². The quantitative estimate of drug-likeness (QED) is 0.465. The molecule has 0 spiro atoms. The van der Waals surface area contributed by atoms with Crippen molar-refractivity contribution in [3.8, 4) is 22.9 Å². The summed E-state index contributed by atoms with van der Waals surface area (Å²) in [6, 6.07) is 15.0. The van der Waals surface area contributed by atoms with Gasteiger partial charge in [0.1, 0.15) is 17.2 Å². The van der Waals surface area contributed by atoms with E-state index in [1.807, 2.05) is 48.5 Å². The summed E-state index contributed by atoms with van der Waals surface area (Å²) in [6.07, 6.45) is 1.02. The number of H-pyrrole nitrogens is 1. The number of benzene rings is 2. The molecule has 8 heteroatoms. The number of rotatable bonds is 11. The van der Waals surface area contributed by atoms with Crippen molar-refractivity contribution in [2.24, 2.45) is 5.92 Å². The SMILES string of the molecule is COc1ccccc1CCNC(=O)CCc1nnc(-c2cccc(OCC(C)C)c2)[nH]c1=O. The van der Waals surface area contributed by atoms with Crippen LogP contribution in [-0.4, -0.2) is 41.3 Å². The minimum atomic E-state index is -0.352. The molecule has 8 nitrogen and oxygen atoms in total. The largest absolute Gasteiger partial charge is 0.496 e. The summed E-state index contributed by atoms with van der Waals surface area (Å²) in [5.74, 6) is 2.12. The number of amides is 1. The lowest BCUT2D eigenvalue weighted by Gasteiger charge is -2.10. The molecule has 1 aromatic heterocycles. The second kappa shape index (κ2) is 11.8. The topological polar surface area (TPSA) is 106 Å². The van der Waals surface area contributed by atoms with Crippen molar-refractivity contribution >= 4 is 5.91 Å². The van der Waals surface area contributed by atoms with Crippen LogP contribution in [0.1, 0.15) is 31.5 Å². The summed E-state index contributed by atoms with van der Waals surface area (Å²) in [5.41, 5.74) is 1.61. The number of ether oxygens (including phenoxy) is 2. The molecule has 33 heavy (non-hydrogen) atoms. The minimum Gasteiger partial charge on any atom is -0.496 e. The lowest BCUT2D eigenvalue weighted by Crippen LogP contribution is -2.27. The Balaban J connectivity index is 1.52. The molecular weight excluding hydrogens is 420 g/mol. The van der Waals surface area contributed by atoms with Gasteiger partial charge in [0.25, 0.3) is 5.56 Å². The number of nitrogens with one attached hydrogen (secondary N) is 2. The van der Waals surface area contributed by atoms with Gasteiger partial charge >= 0.3 is 0 Å². The van der Waals surface area contributed by atoms with Crippen LogP contribution in [0.5, 0.6) is 11.5 Å². The van der Waals surface area contributed by atoms with Crippen molar-refractivity contribution in [1.29, 1.82) is 0 Å². The first-order valence-electron chi connectivity index (χ1n) is 11.0. The highest BCUT2D eigenvalue weighted by atomic mass is 16.5. The maximum atomic E-state index is 12.5. The number of methoxy groups -OCH3 is 1. The van der Waals surface area contributed by atoms with Crippen LogP contribution in [0.25, 0.3) is 11.4 Å². The van der Waals surface area contributed by atoms with E-state index >= 15 is 0 Å². The molecule has 0 saturated heterocycles. The average molecular weight is 451 g/mol. The molecule has 1 amide bonds. The predicted molar refractivity (Wildman–Crippen MR) is 126 cm³/mol. The molecule has 0 atom stereocenters. The molecule has 1 heterocycles. The van der Waals surface area contributed by atoms with Crippen LogP contribution in [0.3, 0.4) is 0 Å². The van der Waals surface area contributed by atoms with E-state index in [1.54, 1.807) is 7.11 Å². The molecule has 0 aliphatic rings. The molecule has 0 fully saturated rings. The first-order valence-corrected chi connectivity index (χ1v) is 11.0. The Labute approximate surface area is 193 Å². The van der Waals surface area contributed by atoms with Crippen molar-refractivity contribution < 1.29 is 14.3 Å². The third-order valence-corrected chi connectivity index (χ3v) is 4.95. The Morgan fingerprint density at radius 3 is 2.67 bits per heavy atom. The first-order chi connectivity index (χ1) is 16.0. The predicted octanol–water partition coefficient (Wildman–Crippen LogP) is 3.17. The highest BCUT2D eigenvalue weighted by Gasteiger charge is 2.11. The van der Waals surface area contributed by atoms with Gasteiger partial charge in [-0.15, -0.1) is 10.2 Å². The lowest BCUT2D eigenvalue weighted by molar-refractivity contribution is -0.121. The summed E-state index contributed by atoms with van der Waals surface area (Å²) in [7, 11) is 1.62. The summed E-state index contributed by atoms with van der Waals surface area (Å²) < 4.78 is 11.0. The van der Waals surface area contributed by atoms with Crippen molar-refractivity contribution in [3.05, 3.63) is 70.1 Å². The molecule has 3 aromatic rings. The molecule has 0 aliphatic heterocycles. The Morgan fingerprint density at radius 2 is 1.91 bits per heavy atom. The van der Waals surface area contributed by atoms with Crippen LogP contribution in [0.4, 0.5) is 0 Å². The van der Waals surface area contributed by atoms with Gasteiger partial charge in [0.15, 0.2) is 5.82 Å². The van der Waals surface area contributed by atoms with Gasteiger partial charge in [-0.1, -0.05) is 44.2 Å². The molecule has 0 radical (unpaired) electrons. The minimum absolute atomic E-state index is 0.148. The molecular formula is C25H30N4O4. The van der Waals surface area contributed by atoms with Gasteiger partial charge < -0.3 is 19.8 Å². The molecule has 2 aromatic carbocycles. The van der Waals surface area contributed by atoms with Crippen LogP contribution in [0.15, 0.2) is 53.3 Å². The highest BCUT2D eigenvalue weighted by molar-refractivity contribution is 5.76. The van der Waals surface area contributed by atoms with Crippen LogP contribution < -0.4 is 20.3 Å². The fraction of sp³-hybridized carbons (Fsp3) is 0.360. The third-order valence-electron chi connectivity index (χ3n) is 4.95. The Bertz CT molecular complexity index is 1130. The van der Waals surface area contributed by atoms with Crippen molar-refractivity contribution in [1.82, 2.24) is 20.5 Å². The number of hydrogen-bond acceptors (Lipinski definition) is 6. The summed E-state index contributed by atoms with van der Waals surface area (Å²) in [5, 5.41) is 11.1. The van der Waals surface area contributed by atoms with Gasteiger partial charge in [-0.05, 0) is 36.1 Å². The maximum absolute atomic E-state index is 12.5. The average Bonchev–Trinajstić information content (AvgIpc) is 2.82. The number of aromatic nitrogens is 3. The first kappa shape index (κ1) is 24.0. The van der Waals surface area contributed by atoms with Gasteiger partial charge in [-0.2, -0.15) is 0 Å². The normalized spacial score (nSPS) is 10.8. The smallest absolute Gasteiger partial charge is 0.273 e. The van der Waals surface area contributed by atoms with Crippen LogP contribution in [0.2, 0.25) is 0 Å². The van der Waals surface area contributed by atoms with Crippen molar-refractivity contribution in [3.63, 3.8) is 0 Å². The van der Waals surface area contributed by atoms with Crippen LogP contribution in [-0.2, 0) is 17.6 Å². The molecule has 0 saturated carbocycles. The molecule has 0 bridgehead atoms. The fourth-order valence-corrected chi connectivity index (χ4v) is 3.22. The van der Waals surface area contributed by atoms with E-state index in [0.717, 1.165) is 11.3 Å². The van der Waals surface area contributed by atoms with Crippen LogP contribution >= 0.6 is 0 Å². The number of hydrogen-bond donors (Lipinski definition) is 2. The zero-order chi connectivity index (χ0) is 23.6. The van der Waals surface area contributed by atoms with E-state index in [9.17, 15) is 9.59 Å². The van der Waals surface area contributed by atoms with Gasteiger partial charge in [0.05, 0.1) is 13.7 Å². The van der Waals surface area contributed by atoms with E-state index in [-0.39, 0.29) is 30.0 Å². The number of aromatic amines is 1. The van der Waals surface area contributed by atoms with Gasteiger partial charge in [0, 0.05) is 24.9 Å². The van der Waals surface area contributed by atoms with E-state index in [1.165, 1.54) is 0 Å². The number of carbonyl (C=O) groups is 1. The number of carbonyl (C=O) groups excluding carboxylic acids is 1. The fourth-order valence-electron chi connectivity index (χ4n) is 3.22. The highest BCUT2D eigenvalue weighted by Crippen LogP contribution is 2.20. The Hall–Kier alpha value is -3.68. The number of para-hydroxylation sites is 1. The van der Waals surface area contributed by atoms with Gasteiger partial charge in [0.2, 0.25) is 5.91 Å². The zero-order valence-corrected chi connectivity index (χ0v) is 19.3. The van der Waals surface area contributed by atoms with E-state index in [2.05, 4.69) is 34.3 Å². The second-order valence-electron chi connectivity index (χ2n) is 8.09. The molecule has 0 aliphatic carbocycles. The summed E-state index contributed by atoms with van der Waals surface area (Å²) in [4.78, 5) is 27.4. The van der Waals surface area contributed by atoms with Gasteiger partial charge in [-0.3, -0.25) is 9.59 Å². The summed E-state index contributed by atoms with van der Waals surface area (Å²) in [6.45, 7) is 5.24. The van der Waals surface area contributed by atoms with E-state index in [0.29, 0.717) is 42.6 Å². The molecule has 3 rings (SSSR count). The number of aryl methyl sites for hydroxylation is 1. The Morgan fingerprint density at radius 1 is 1.09 bits per heavy atom. The molecule has 174 valence electrons. The van der Waals surface area contributed by atoms with E-state index in [4.69, 9.17) is 9.47 Å². The monoisotopic (exact) mass is 450 g/mol. The number of nitrogens with zero attached hydrogens (tertiary/aromatic N) is 2. The van der Waals surface area contributed by atoms with Crippen LogP contribution in [0, 0.1) is 5.92 Å². The Kier molecular flexibility index (Phi) is 8.57. The van der Waals surface area contributed by atoms with Crippen molar-refractivity contribution in [2.45, 2.75) is 33.1 Å². The lowest BCUT2D eigenvalue weighted by atomic mass is 10.1. The summed E-state index contributed by atoms with van der Waals surface area (Å²) >= 11 is 0. The van der Waals surface area contributed by atoms with Crippen molar-refractivity contribution in [2.75, 3.05) is 20.3 Å². The maximum Gasteiger partial charge on any atom is 0.273 e. The molecule has 0 unspecified atom stereocenters. The molecule has 2 N–H and O–H groups in total. The zero-order valence-electron chi connectivity index (χ0n) is 19.3. The second-order valence-corrected chi connectivity index (χ2v) is 8.09. The van der Waals surface area contributed by atoms with E-state index < -0.39 is 0 Å². The third kappa shape index (κ3) is 7.17. The standard InChI is InChI=1S/C25H30N4O4/c1-17(2)16-33-20-9-6-8-19(15-20)24-27-25(31)21(28-29-24)11-12-23(30)26-14-13-18-7-4-5-10-22(18)32-3/h4-10,15,17H,11-14,16H2,1-3H3,(H,26,30)(H,27,29,31).